The van der Waals surface area contributed by atoms with Crippen LogP contribution in [-0.2, 0) is 0 Å². The molecule has 2 aromatic heterocycles. The zero-order valence-corrected chi connectivity index (χ0v) is 73.5. The second kappa shape index (κ2) is 49.9. The number of aromatic nitrogens is 2. The standard InChI is InChI=1S/C96H146N8O10Si/c1-9-17-25-33-41-49-57-107-81-65-73-74(66-82(81)108-58-50-42-34-26-18-10-2)90-97-89(73)99-93-77-69-85(111-61-53-45-37-29-21-13-5)86(112-62-54-46-38-30-22-14-6)70-78(77)95-101-91-75-67-83(109-59-51-43-35-27-19-11-3)84(110-60-52-44-36-28-20-12-4)68-76(75)92(98-91)102-96-80-72-88(114-64-56-48-40-32-24-16-8)87(113-63-55-47-39-31-23-15-7)71-79(80)94(100-90)104(96)115(105,106)103(93)95/h65-72,105-106H,9-64H2,1-8H3. The van der Waals surface area contributed by atoms with E-state index in [-0.39, 0.29) is 22.6 Å². The summed E-state index contributed by atoms with van der Waals surface area (Å²) < 4.78 is 58.6. The van der Waals surface area contributed by atoms with Crippen molar-refractivity contribution in [3.63, 3.8) is 0 Å². The lowest BCUT2D eigenvalue weighted by Crippen LogP contribution is -2.60. The molecular weight excluding hydrogens is 1450 g/mol. The van der Waals surface area contributed by atoms with Crippen molar-refractivity contribution in [1.29, 1.82) is 0 Å². The fraction of sp³-hybridized carbons (Fsp3) is 0.667. The third kappa shape index (κ3) is 25.9. The topological polar surface area (TPSA) is 198 Å². The van der Waals surface area contributed by atoms with Crippen molar-refractivity contribution in [1.82, 2.24) is 8.47 Å². The normalized spacial score (nSPS) is 13.6. The first-order chi connectivity index (χ1) is 56.6. The molecule has 4 aromatic carbocycles. The van der Waals surface area contributed by atoms with Crippen molar-refractivity contribution < 1.29 is 47.5 Å². The Morgan fingerprint density at radius 3 is 0.617 bits per heavy atom. The lowest BCUT2D eigenvalue weighted by atomic mass is 10.1. The number of amidine groups is 4. The van der Waals surface area contributed by atoms with Gasteiger partial charge in [0.05, 0.1) is 52.9 Å². The molecule has 0 fully saturated rings. The number of unbranched alkanes of at least 4 members (excludes halogenated alkanes) is 40. The Morgan fingerprint density at radius 2 is 0.400 bits per heavy atom. The van der Waals surface area contributed by atoms with Crippen LogP contribution in [0.3, 0.4) is 0 Å². The van der Waals surface area contributed by atoms with E-state index in [2.05, 4.69) is 55.4 Å². The predicted octanol–water partition coefficient (Wildman–Crippen LogP) is 25.3. The molecule has 6 aromatic rings. The van der Waals surface area contributed by atoms with Gasteiger partial charge in [-0.15, -0.1) is 0 Å². The highest BCUT2D eigenvalue weighted by Gasteiger charge is 2.48. The minimum atomic E-state index is -5.50. The molecule has 634 valence electrons. The van der Waals surface area contributed by atoms with Crippen molar-refractivity contribution in [3.8, 4) is 46.0 Å². The highest BCUT2D eigenvalue weighted by molar-refractivity contribution is 6.63. The van der Waals surface area contributed by atoms with Crippen molar-refractivity contribution in [2.75, 3.05) is 52.9 Å². The fourth-order valence-corrected chi connectivity index (χ4v) is 18.1. The maximum absolute atomic E-state index is 14.7. The Labute approximate surface area is 691 Å². The summed E-state index contributed by atoms with van der Waals surface area (Å²) in [7, 11) is -5.50. The van der Waals surface area contributed by atoms with E-state index >= 15 is 0 Å². The monoisotopic (exact) mass is 1600 g/mol. The summed E-state index contributed by atoms with van der Waals surface area (Å²) in [5.74, 6) is 6.15. The van der Waals surface area contributed by atoms with Crippen LogP contribution in [0.15, 0.2) is 78.5 Å². The summed E-state index contributed by atoms with van der Waals surface area (Å²) in [6.45, 7) is 21.8. The summed E-state index contributed by atoms with van der Waals surface area (Å²) in [5, 5.41) is 2.20. The van der Waals surface area contributed by atoms with E-state index in [0.29, 0.717) is 166 Å². The van der Waals surface area contributed by atoms with Crippen molar-refractivity contribution in [2.24, 2.45) is 30.0 Å². The van der Waals surface area contributed by atoms with Crippen LogP contribution in [0.25, 0.3) is 21.5 Å². The lowest BCUT2D eigenvalue weighted by Gasteiger charge is -2.23. The molecule has 10 rings (SSSR count). The number of hydrogen-bond donors (Lipinski definition) is 2. The first kappa shape index (κ1) is 90.1. The zero-order chi connectivity index (χ0) is 80.7. The van der Waals surface area contributed by atoms with Gasteiger partial charge >= 0.3 is 8.88 Å². The smallest absolute Gasteiger partial charge is 0.490 e. The van der Waals surface area contributed by atoms with Gasteiger partial charge < -0.3 is 47.5 Å². The number of nitrogens with zero attached hydrogens (tertiary/aromatic N) is 8. The summed E-state index contributed by atoms with van der Waals surface area (Å²) in [6.07, 6.45) is 53.0. The number of benzene rings is 4. The van der Waals surface area contributed by atoms with Gasteiger partial charge in [0, 0.05) is 43.8 Å². The van der Waals surface area contributed by atoms with Crippen LogP contribution in [0.4, 0.5) is 11.6 Å². The van der Waals surface area contributed by atoms with E-state index in [9.17, 15) is 9.59 Å². The van der Waals surface area contributed by atoms with Crippen LogP contribution >= 0.6 is 0 Å². The van der Waals surface area contributed by atoms with E-state index in [1.54, 1.807) is 8.47 Å². The molecule has 0 amide bonds. The van der Waals surface area contributed by atoms with Gasteiger partial charge in [-0.2, -0.15) is 0 Å². The third-order valence-electron chi connectivity index (χ3n) is 23.0. The minimum absolute atomic E-state index is 0.202. The Balaban J connectivity index is 1.27. The van der Waals surface area contributed by atoms with Gasteiger partial charge in [0.2, 0.25) is 0 Å². The van der Waals surface area contributed by atoms with Crippen LogP contribution in [0.5, 0.6) is 46.0 Å². The third-order valence-corrected chi connectivity index (χ3v) is 25.1. The Bertz CT molecular complexity index is 3960. The predicted molar refractivity (Wildman–Crippen MR) is 476 cm³/mol. The average Bonchev–Trinajstić information content (AvgIpc) is 1.54. The summed E-state index contributed by atoms with van der Waals surface area (Å²) in [4.78, 5) is 63.3. The zero-order valence-electron chi connectivity index (χ0n) is 72.5. The Kier molecular flexibility index (Phi) is 39.1. The number of rotatable bonds is 64. The number of ether oxygens (including phenoxy) is 8. The molecule has 0 radical (unpaired) electrons. The lowest BCUT2D eigenvalue weighted by molar-refractivity contribution is 0.258. The van der Waals surface area contributed by atoms with Crippen LogP contribution in [-0.4, -0.2) is 103 Å². The second-order valence-electron chi connectivity index (χ2n) is 32.8. The van der Waals surface area contributed by atoms with E-state index in [0.717, 1.165) is 154 Å². The number of hydrogen-bond acceptors (Lipinski definition) is 16. The molecule has 0 saturated heterocycles. The highest BCUT2D eigenvalue weighted by Crippen LogP contribution is 2.48. The summed E-state index contributed by atoms with van der Waals surface area (Å²) >= 11 is 0. The van der Waals surface area contributed by atoms with E-state index < -0.39 is 8.88 Å². The molecule has 18 nitrogen and oxygen atoms in total. The molecule has 19 heteroatoms. The Hall–Kier alpha value is -7.22. The van der Waals surface area contributed by atoms with Crippen LogP contribution in [0.1, 0.15) is 386 Å². The quantitative estimate of drug-likeness (QED) is 0.0274. The van der Waals surface area contributed by atoms with E-state index in [1.165, 1.54) is 154 Å². The van der Waals surface area contributed by atoms with Gasteiger partial charge in [-0.25, -0.2) is 30.0 Å². The molecule has 6 heterocycles. The van der Waals surface area contributed by atoms with E-state index in [1.807, 2.05) is 48.5 Å². The van der Waals surface area contributed by atoms with Gasteiger partial charge in [-0.1, -0.05) is 312 Å². The average molecular weight is 1600 g/mol. The molecule has 2 N–H and O–H groups in total. The molecule has 4 aliphatic heterocycles. The molecule has 0 aliphatic carbocycles. The van der Waals surface area contributed by atoms with Gasteiger partial charge in [-0.3, -0.25) is 8.47 Å². The maximum Gasteiger partial charge on any atom is 0.597 e. The van der Waals surface area contributed by atoms with Gasteiger partial charge in [-0.05, 0) is 99.9 Å². The van der Waals surface area contributed by atoms with Gasteiger partial charge in [0.25, 0.3) is 0 Å². The molecule has 4 aliphatic rings. The number of fused-ring (bicyclic) bond motifs is 14. The minimum Gasteiger partial charge on any atom is -0.490 e. The molecule has 6 bridgehead atoms. The summed E-state index contributed by atoms with van der Waals surface area (Å²) in [5.41, 5.74) is 3.04. The molecule has 0 atom stereocenters. The molecular formula is C96H146N8O10Si. The summed E-state index contributed by atoms with van der Waals surface area (Å²) in [6, 6.07) is 16.0. The fourth-order valence-electron chi connectivity index (χ4n) is 16.1. The first-order valence-electron chi connectivity index (χ1n) is 46.7. The highest BCUT2D eigenvalue weighted by atomic mass is 28.4. The largest absolute Gasteiger partial charge is 0.597 e. The number of aliphatic imine (C=N–C) groups is 4. The second-order valence-corrected chi connectivity index (χ2v) is 34.9. The van der Waals surface area contributed by atoms with Crippen molar-refractivity contribution >= 4 is 65.4 Å². The first-order valence-corrected chi connectivity index (χ1v) is 48.5. The van der Waals surface area contributed by atoms with Crippen molar-refractivity contribution in [3.05, 3.63) is 81.8 Å². The SMILES string of the molecule is CCCCCCCCOc1cc2c(cc1OCCCCCCCC)C1=Nc3c4cc(OCCCCCCCC)c(OCCCCCCCC)cc4c4n3[Si](O)(O)n3c(c5cc(OCCCCCCCC)c(OCCCCCCCC)cc5c3=NC3=NC(=N4)c4cc(OCCCCCCCC)c(OCCCCCCCC)cc43)=NC2=N1. The van der Waals surface area contributed by atoms with Crippen LogP contribution in [0.2, 0.25) is 0 Å². The maximum atomic E-state index is 14.7. The van der Waals surface area contributed by atoms with Gasteiger partial charge in [0.15, 0.2) is 69.3 Å². The van der Waals surface area contributed by atoms with Crippen molar-refractivity contribution in [2.45, 2.75) is 364 Å². The molecule has 0 spiro atoms. The van der Waals surface area contributed by atoms with Crippen LogP contribution < -0.4 is 48.9 Å². The van der Waals surface area contributed by atoms with Crippen LogP contribution in [0, 0.1) is 0 Å². The molecule has 0 saturated carbocycles. The Morgan fingerprint density at radius 1 is 0.217 bits per heavy atom. The molecule has 0 unspecified atom stereocenters. The molecule has 115 heavy (non-hydrogen) atoms. The van der Waals surface area contributed by atoms with E-state index in [4.69, 9.17) is 67.8 Å². The van der Waals surface area contributed by atoms with Gasteiger partial charge in [0.1, 0.15) is 22.6 Å².